The van der Waals surface area contributed by atoms with E-state index in [-0.39, 0.29) is 11.5 Å². The van der Waals surface area contributed by atoms with Gasteiger partial charge >= 0.3 is 0 Å². The number of aromatic nitrogens is 2. The van der Waals surface area contributed by atoms with E-state index in [1.54, 1.807) is 21.6 Å². The van der Waals surface area contributed by atoms with Crippen molar-refractivity contribution in [2.24, 2.45) is 5.92 Å². The third-order valence-electron chi connectivity index (χ3n) is 5.42. The molecule has 4 heterocycles. The van der Waals surface area contributed by atoms with Gasteiger partial charge in [-0.3, -0.25) is 18.9 Å². The second-order valence-electron chi connectivity index (χ2n) is 8.27. The van der Waals surface area contributed by atoms with Gasteiger partial charge in [0.2, 0.25) is 0 Å². The molecular formula is C22H26N4O2S2. The minimum absolute atomic E-state index is 0.128. The summed E-state index contributed by atoms with van der Waals surface area (Å²) in [5, 5.41) is 0. The van der Waals surface area contributed by atoms with E-state index in [4.69, 9.17) is 17.2 Å². The predicted octanol–water partition coefficient (Wildman–Crippen LogP) is 3.85. The summed E-state index contributed by atoms with van der Waals surface area (Å²) in [6, 6.07) is 3.80. The van der Waals surface area contributed by atoms with E-state index in [0.717, 1.165) is 31.5 Å². The van der Waals surface area contributed by atoms with Crippen LogP contribution in [0.4, 0.5) is 5.82 Å². The van der Waals surface area contributed by atoms with Crippen LogP contribution < -0.4 is 10.5 Å². The average molecular weight is 443 g/mol. The van der Waals surface area contributed by atoms with Crippen LogP contribution in [0.25, 0.3) is 11.7 Å². The zero-order valence-corrected chi connectivity index (χ0v) is 19.2. The summed E-state index contributed by atoms with van der Waals surface area (Å²) in [6.07, 6.45) is 6.77. The zero-order valence-electron chi connectivity index (χ0n) is 17.6. The molecule has 0 aromatic carbocycles. The van der Waals surface area contributed by atoms with Crippen LogP contribution in [-0.4, -0.2) is 44.1 Å². The lowest BCUT2D eigenvalue weighted by Crippen LogP contribution is -2.34. The number of hydrogen-bond donors (Lipinski definition) is 0. The molecule has 2 aliphatic rings. The van der Waals surface area contributed by atoms with Crippen LogP contribution in [0, 0.1) is 12.8 Å². The fraction of sp³-hybridized carbons (Fsp3) is 0.455. The van der Waals surface area contributed by atoms with Crippen molar-refractivity contribution in [1.82, 2.24) is 14.3 Å². The molecule has 0 bridgehead atoms. The van der Waals surface area contributed by atoms with E-state index in [9.17, 15) is 9.59 Å². The third kappa shape index (κ3) is 3.90. The van der Waals surface area contributed by atoms with Gasteiger partial charge in [-0.15, -0.1) is 0 Å². The minimum Gasteiger partial charge on any atom is -0.356 e. The number of pyridine rings is 1. The van der Waals surface area contributed by atoms with Gasteiger partial charge in [0.05, 0.1) is 10.5 Å². The first kappa shape index (κ1) is 21.1. The Morgan fingerprint density at radius 3 is 2.67 bits per heavy atom. The van der Waals surface area contributed by atoms with E-state index < -0.39 is 0 Å². The normalized spacial score (nSPS) is 19.0. The molecule has 6 nitrogen and oxygen atoms in total. The molecule has 2 saturated heterocycles. The van der Waals surface area contributed by atoms with Crippen LogP contribution in [0.5, 0.6) is 0 Å². The predicted molar refractivity (Wildman–Crippen MR) is 127 cm³/mol. The van der Waals surface area contributed by atoms with Crippen LogP contribution in [0.1, 0.15) is 44.2 Å². The van der Waals surface area contributed by atoms with Crippen molar-refractivity contribution in [2.45, 2.75) is 40.0 Å². The largest absolute Gasteiger partial charge is 0.356 e. The minimum atomic E-state index is -0.154. The molecule has 0 spiro atoms. The molecule has 0 N–H and O–H groups in total. The van der Waals surface area contributed by atoms with Gasteiger partial charge in [0.15, 0.2) is 0 Å². The first-order valence-corrected chi connectivity index (χ1v) is 11.6. The van der Waals surface area contributed by atoms with E-state index in [1.807, 2.05) is 19.1 Å². The molecule has 2 aromatic rings. The highest BCUT2D eigenvalue weighted by Gasteiger charge is 2.33. The third-order valence-corrected chi connectivity index (χ3v) is 6.79. The number of aryl methyl sites for hydroxylation is 1. The van der Waals surface area contributed by atoms with Crippen molar-refractivity contribution in [3.8, 4) is 0 Å². The quantitative estimate of drug-likeness (QED) is 0.530. The molecule has 0 atom stereocenters. The molecule has 2 aliphatic heterocycles. The van der Waals surface area contributed by atoms with Crippen LogP contribution >= 0.6 is 24.0 Å². The number of fused-ring (bicyclic) bond motifs is 1. The van der Waals surface area contributed by atoms with E-state index >= 15 is 0 Å². The van der Waals surface area contributed by atoms with Crippen molar-refractivity contribution in [1.29, 1.82) is 0 Å². The Morgan fingerprint density at radius 1 is 1.23 bits per heavy atom. The molecule has 2 fully saturated rings. The Kier molecular flexibility index (Phi) is 5.97. The van der Waals surface area contributed by atoms with E-state index in [0.29, 0.717) is 38.7 Å². The Morgan fingerprint density at radius 2 is 1.97 bits per heavy atom. The van der Waals surface area contributed by atoms with E-state index in [2.05, 4.69) is 18.7 Å². The van der Waals surface area contributed by atoms with Gasteiger partial charge in [-0.05, 0) is 49.8 Å². The summed E-state index contributed by atoms with van der Waals surface area (Å²) in [4.78, 5) is 35.6. The fourth-order valence-corrected chi connectivity index (χ4v) is 5.18. The summed E-state index contributed by atoms with van der Waals surface area (Å²) < 4.78 is 2.12. The number of rotatable bonds is 4. The smallest absolute Gasteiger partial charge is 0.267 e. The number of anilines is 1. The van der Waals surface area contributed by atoms with Crippen molar-refractivity contribution < 1.29 is 4.79 Å². The number of thiocarbonyl (C=S) groups is 1. The molecule has 158 valence electrons. The van der Waals surface area contributed by atoms with Crippen molar-refractivity contribution >= 4 is 51.7 Å². The standard InChI is InChI=1S/C22H26N4O2S2/c1-14(2)13-26-21(28)17(30-22(26)29)12-16-19(24-9-5-4-6-10-24)23-18-15(3)8-7-11-25(18)20(16)27/h7-8,11-12,14H,4-6,9-10,13H2,1-3H3. The topological polar surface area (TPSA) is 57.9 Å². The SMILES string of the molecule is Cc1cccn2c(=O)c(C=C3SC(=S)N(CC(C)C)C3=O)c(N3CCCCC3)nc12. The second-order valence-corrected chi connectivity index (χ2v) is 9.95. The first-order valence-electron chi connectivity index (χ1n) is 10.4. The van der Waals surface area contributed by atoms with Gasteiger partial charge in [0.25, 0.3) is 11.5 Å². The Balaban J connectivity index is 1.86. The molecule has 0 saturated carbocycles. The van der Waals surface area contributed by atoms with Gasteiger partial charge in [-0.1, -0.05) is 43.9 Å². The van der Waals surface area contributed by atoms with Gasteiger partial charge in [0.1, 0.15) is 15.8 Å². The number of amides is 1. The highest BCUT2D eigenvalue weighted by Crippen LogP contribution is 2.34. The summed E-state index contributed by atoms with van der Waals surface area (Å²) in [5.41, 5.74) is 1.92. The first-order chi connectivity index (χ1) is 14.4. The van der Waals surface area contributed by atoms with E-state index in [1.165, 1.54) is 18.2 Å². The molecule has 30 heavy (non-hydrogen) atoms. The van der Waals surface area contributed by atoms with Crippen LogP contribution in [0.15, 0.2) is 28.0 Å². The molecule has 0 unspecified atom stereocenters. The summed E-state index contributed by atoms with van der Waals surface area (Å²) in [7, 11) is 0. The number of thioether (sulfide) groups is 1. The monoisotopic (exact) mass is 442 g/mol. The maximum Gasteiger partial charge on any atom is 0.267 e. The fourth-order valence-electron chi connectivity index (χ4n) is 3.93. The molecule has 8 heteroatoms. The van der Waals surface area contributed by atoms with Gasteiger partial charge < -0.3 is 4.90 Å². The number of carbonyl (C=O) groups excluding carboxylic acids is 1. The lowest BCUT2D eigenvalue weighted by atomic mass is 10.1. The second kappa shape index (κ2) is 8.51. The maximum atomic E-state index is 13.5. The molecule has 0 radical (unpaired) electrons. The number of hydrogen-bond acceptors (Lipinski definition) is 6. The summed E-state index contributed by atoms with van der Waals surface area (Å²) >= 11 is 6.70. The molecule has 1 amide bonds. The molecule has 4 rings (SSSR count). The Labute approximate surface area is 186 Å². The molecular weight excluding hydrogens is 416 g/mol. The number of piperidine rings is 1. The Hall–Kier alpha value is -2.19. The number of nitrogens with zero attached hydrogens (tertiary/aromatic N) is 4. The van der Waals surface area contributed by atoms with Crippen molar-refractivity contribution in [2.75, 3.05) is 24.5 Å². The number of carbonyl (C=O) groups is 1. The lowest BCUT2D eigenvalue weighted by molar-refractivity contribution is -0.122. The summed E-state index contributed by atoms with van der Waals surface area (Å²) in [6.45, 7) is 8.37. The summed E-state index contributed by atoms with van der Waals surface area (Å²) in [5.74, 6) is 0.854. The maximum absolute atomic E-state index is 13.5. The van der Waals surface area contributed by atoms with Crippen molar-refractivity contribution in [3.05, 3.63) is 44.7 Å². The zero-order chi connectivity index (χ0) is 21.4. The van der Waals surface area contributed by atoms with Crippen LogP contribution in [0.2, 0.25) is 0 Å². The van der Waals surface area contributed by atoms with Crippen LogP contribution in [-0.2, 0) is 4.79 Å². The highest BCUT2D eigenvalue weighted by atomic mass is 32.2. The van der Waals surface area contributed by atoms with Gasteiger partial charge in [-0.25, -0.2) is 4.98 Å². The lowest BCUT2D eigenvalue weighted by Gasteiger charge is -2.29. The van der Waals surface area contributed by atoms with Crippen molar-refractivity contribution in [3.63, 3.8) is 0 Å². The van der Waals surface area contributed by atoms with Gasteiger partial charge in [0, 0.05) is 25.8 Å². The average Bonchev–Trinajstić information content (AvgIpc) is 2.98. The van der Waals surface area contributed by atoms with Crippen LogP contribution in [0.3, 0.4) is 0 Å². The molecule has 0 aliphatic carbocycles. The Bertz CT molecular complexity index is 1100. The van der Waals surface area contributed by atoms with Gasteiger partial charge in [-0.2, -0.15) is 0 Å². The molecule has 2 aromatic heterocycles. The highest BCUT2D eigenvalue weighted by molar-refractivity contribution is 8.26.